The number of hydrogen-bond acceptors (Lipinski definition) is 4. The summed E-state index contributed by atoms with van der Waals surface area (Å²) in [5, 5.41) is 8.97. The molecule has 1 aromatic carbocycles. The molecule has 5 nitrogen and oxygen atoms in total. The van der Waals surface area contributed by atoms with Crippen molar-refractivity contribution in [3.8, 4) is 0 Å². The molecule has 0 aliphatic carbocycles. The van der Waals surface area contributed by atoms with Gasteiger partial charge in [0.2, 0.25) is 5.91 Å². The number of alkyl halides is 3. The van der Waals surface area contributed by atoms with Gasteiger partial charge in [-0.1, -0.05) is 6.42 Å². The summed E-state index contributed by atoms with van der Waals surface area (Å²) in [4.78, 5) is 15.9. The fourth-order valence-electron chi connectivity index (χ4n) is 2.73. The first-order chi connectivity index (χ1) is 12.4. The first-order valence-electron chi connectivity index (χ1n) is 8.36. The van der Waals surface area contributed by atoms with Crippen LogP contribution in [0.2, 0.25) is 0 Å². The summed E-state index contributed by atoms with van der Waals surface area (Å²) in [6.45, 7) is 0.848. The molecule has 154 valence electrons. The normalized spacial score (nSPS) is 16.3. The molecule has 0 unspecified atom stereocenters. The lowest BCUT2D eigenvalue weighted by Crippen LogP contribution is -2.43. The molecule has 1 atom stereocenters. The second-order valence-electron chi connectivity index (χ2n) is 6.12. The Hall–Kier alpha value is -2.03. The number of halogens is 5. The van der Waals surface area contributed by atoms with Gasteiger partial charge >= 0.3 is 6.18 Å². The summed E-state index contributed by atoms with van der Waals surface area (Å²) in [5.41, 5.74) is 0.525. The van der Waals surface area contributed by atoms with Gasteiger partial charge in [-0.15, -0.1) is 24.8 Å². The number of rotatable bonds is 4. The Morgan fingerprint density at radius 3 is 2.25 bits per heavy atom. The van der Waals surface area contributed by atoms with Crippen molar-refractivity contribution in [3.63, 3.8) is 0 Å². The molecule has 0 radical (unpaired) electrons. The number of carbonyl (C=O) groups is 1. The van der Waals surface area contributed by atoms with Crippen LogP contribution in [0.1, 0.15) is 24.8 Å². The number of pyridine rings is 1. The molecule has 1 aliphatic heterocycles. The first kappa shape index (κ1) is 24.0. The van der Waals surface area contributed by atoms with Crippen LogP contribution in [0.5, 0.6) is 0 Å². The standard InChI is InChI=1S/C18H19F3N4O.2ClH/c19-18(20,21)12-4-9-16(23-11-12)24-13-5-7-14(8-6-13)25-17(26)15-3-1-2-10-22-15;;/h4-9,11,15,22H,1-3,10H2,(H,23,24)(H,25,26);2*1H/t15-;;/m1../s1. The average Bonchev–Trinajstić information content (AvgIpc) is 2.64. The Morgan fingerprint density at radius 1 is 1.04 bits per heavy atom. The van der Waals surface area contributed by atoms with Crippen molar-refractivity contribution in [3.05, 3.63) is 48.2 Å². The van der Waals surface area contributed by atoms with Crippen molar-refractivity contribution >= 4 is 47.9 Å². The zero-order valence-electron chi connectivity index (χ0n) is 14.8. The average molecular weight is 437 g/mol. The van der Waals surface area contributed by atoms with Crippen LogP contribution in [-0.4, -0.2) is 23.5 Å². The maximum Gasteiger partial charge on any atom is 0.417 e. The van der Waals surface area contributed by atoms with Crippen molar-refractivity contribution in [2.75, 3.05) is 17.2 Å². The Balaban J connectivity index is 0.00000196. The lowest BCUT2D eigenvalue weighted by atomic mass is 10.0. The molecular weight excluding hydrogens is 416 g/mol. The van der Waals surface area contributed by atoms with Crippen LogP contribution in [0.3, 0.4) is 0 Å². The van der Waals surface area contributed by atoms with Gasteiger partial charge in [0.05, 0.1) is 11.6 Å². The second-order valence-corrected chi connectivity index (χ2v) is 6.12. The summed E-state index contributed by atoms with van der Waals surface area (Å²) >= 11 is 0. The van der Waals surface area contributed by atoms with E-state index in [0.717, 1.165) is 38.1 Å². The third kappa shape index (κ3) is 6.54. The van der Waals surface area contributed by atoms with Gasteiger partial charge < -0.3 is 16.0 Å². The molecule has 1 aromatic heterocycles. The molecule has 1 aliphatic rings. The molecule has 1 saturated heterocycles. The lowest BCUT2D eigenvalue weighted by molar-refractivity contribution is -0.137. The van der Waals surface area contributed by atoms with Crippen molar-refractivity contribution in [1.82, 2.24) is 10.3 Å². The number of piperidine rings is 1. The molecule has 3 N–H and O–H groups in total. The zero-order valence-corrected chi connectivity index (χ0v) is 16.4. The fraction of sp³-hybridized carbons (Fsp3) is 0.333. The molecule has 0 spiro atoms. The number of benzene rings is 1. The summed E-state index contributed by atoms with van der Waals surface area (Å²) < 4.78 is 37.6. The van der Waals surface area contributed by atoms with E-state index in [4.69, 9.17) is 0 Å². The Kier molecular flexibility index (Phi) is 9.00. The summed E-state index contributed by atoms with van der Waals surface area (Å²) in [7, 11) is 0. The first-order valence-corrected chi connectivity index (χ1v) is 8.36. The van der Waals surface area contributed by atoms with E-state index >= 15 is 0 Å². The molecule has 0 bridgehead atoms. The maximum absolute atomic E-state index is 12.5. The van der Waals surface area contributed by atoms with Crippen molar-refractivity contribution in [2.45, 2.75) is 31.5 Å². The van der Waals surface area contributed by atoms with Crippen LogP contribution in [0.25, 0.3) is 0 Å². The van der Waals surface area contributed by atoms with E-state index in [0.29, 0.717) is 17.2 Å². The highest BCUT2D eigenvalue weighted by Gasteiger charge is 2.30. The third-order valence-corrected chi connectivity index (χ3v) is 4.14. The molecule has 1 amide bonds. The lowest BCUT2D eigenvalue weighted by Gasteiger charge is -2.22. The monoisotopic (exact) mass is 436 g/mol. The number of hydrogen-bond donors (Lipinski definition) is 3. The van der Waals surface area contributed by atoms with Crippen LogP contribution in [-0.2, 0) is 11.0 Å². The van der Waals surface area contributed by atoms with E-state index in [1.165, 1.54) is 6.07 Å². The highest BCUT2D eigenvalue weighted by molar-refractivity contribution is 5.95. The number of anilines is 3. The van der Waals surface area contributed by atoms with Crippen LogP contribution in [0, 0.1) is 0 Å². The molecular formula is C18H21Cl2F3N4O. The third-order valence-electron chi connectivity index (χ3n) is 4.14. The van der Waals surface area contributed by atoms with Crippen LogP contribution >= 0.6 is 24.8 Å². The van der Waals surface area contributed by atoms with Crippen molar-refractivity contribution in [2.24, 2.45) is 0 Å². The minimum Gasteiger partial charge on any atom is -0.340 e. The fourth-order valence-corrected chi connectivity index (χ4v) is 2.73. The van der Waals surface area contributed by atoms with Gasteiger partial charge in [0.15, 0.2) is 0 Å². The number of amides is 1. The summed E-state index contributed by atoms with van der Waals surface area (Å²) in [6, 6.07) is 8.99. The topological polar surface area (TPSA) is 66.0 Å². The number of aromatic nitrogens is 1. The van der Waals surface area contributed by atoms with E-state index < -0.39 is 11.7 Å². The van der Waals surface area contributed by atoms with E-state index in [-0.39, 0.29) is 36.8 Å². The minimum atomic E-state index is -4.40. The Labute approximate surface area is 173 Å². The molecule has 1 fully saturated rings. The number of carbonyl (C=O) groups excluding carboxylic acids is 1. The van der Waals surface area contributed by atoms with Gasteiger partial charge in [0.1, 0.15) is 5.82 Å². The van der Waals surface area contributed by atoms with Crippen LogP contribution in [0.4, 0.5) is 30.4 Å². The smallest absolute Gasteiger partial charge is 0.340 e. The molecule has 10 heteroatoms. The van der Waals surface area contributed by atoms with E-state index in [9.17, 15) is 18.0 Å². The van der Waals surface area contributed by atoms with E-state index in [1.54, 1.807) is 24.3 Å². The molecule has 0 saturated carbocycles. The quantitative estimate of drug-likeness (QED) is 0.645. The van der Waals surface area contributed by atoms with Gasteiger partial charge in [-0.25, -0.2) is 4.98 Å². The maximum atomic E-state index is 12.5. The van der Waals surface area contributed by atoms with Crippen molar-refractivity contribution < 1.29 is 18.0 Å². The van der Waals surface area contributed by atoms with Gasteiger partial charge in [-0.2, -0.15) is 13.2 Å². The second kappa shape index (κ2) is 10.5. The van der Waals surface area contributed by atoms with Crippen LogP contribution in [0.15, 0.2) is 42.6 Å². The minimum absolute atomic E-state index is 0. The predicted octanol–water partition coefficient (Wildman–Crippen LogP) is 4.77. The Morgan fingerprint density at radius 2 is 1.71 bits per heavy atom. The molecule has 28 heavy (non-hydrogen) atoms. The van der Waals surface area contributed by atoms with Crippen molar-refractivity contribution in [1.29, 1.82) is 0 Å². The van der Waals surface area contributed by atoms with Gasteiger partial charge in [0, 0.05) is 17.6 Å². The van der Waals surface area contributed by atoms with Gasteiger partial charge in [-0.05, 0) is 55.8 Å². The largest absolute Gasteiger partial charge is 0.417 e. The highest BCUT2D eigenvalue weighted by atomic mass is 35.5. The number of nitrogens with zero attached hydrogens (tertiary/aromatic N) is 1. The van der Waals surface area contributed by atoms with Gasteiger partial charge in [0.25, 0.3) is 0 Å². The summed E-state index contributed by atoms with van der Waals surface area (Å²) in [6.07, 6.45) is -0.673. The van der Waals surface area contributed by atoms with E-state index in [2.05, 4.69) is 20.9 Å². The Bertz CT molecular complexity index is 749. The highest BCUT2D eigenvalue weighted by Crippen LogP contribution is 2.29. The zero-order chi connectivity index (χ0) is 18.6. The summed E-state index contributed by atoms with van der Waals surface area (Å²) in [5.74, 6) is 0.246. The molecule has 3 rings (SSSR count). The van der Waals surface area contributed by atoms with Gasteiger partial charge in [-0.3, -0.25) is 4.79 Å². The number of nitrogens with one attached hydrogen (secondary N) is 3. The predicted molar refractivity (Wildman–Crippen MR) is 108 cm³/mol. The van der Waals surface area contributed by atoms with Crippen LogP contribution < -0.4 is 16.0 Å². The SMILES string of the molecule is Cl.Cl.O=C(Nc1ccc(Nc2ccc(C(F)(F)F)cn2)cc1)[C@H]1CCCCN1. The molecule has 2 heterocycles. The van der Waals surface area contributed by atoms with E-state index in [1.807, 2.05) is 0 Å². The molecule has 2 aromatic rings.